The number of esters is 4. The van der Waals surface area contributed by atoms with Gasteiger partial charge in [0.2, 0.25) is 13.6 Å². The van der Waals surface area contributed by atoms with Gasteiger partial charge in [0.05, 0.1) is 17.8 Å². The predicted molar refractivity (Wildman–Crippen MR) is 131 cm³/mol. The van der Waals surface area contributed by atoms with E-state index in [1.165, 1.54) is 17.8 Å². The Labute approximate surface area is 219 Å². The lowest BCUT2D eigenvalue weighted by Crippen LogP contribution is -2.57. The van der Waals surface area contributed by atoms with Crippen LogP contribution in [0.2, 0.25) is 0 Å². The molecule has 1 aromatic carbocycles. The number of rotatable bonds is 11. The van der Waals surface area contributed by atoms with E-state index in [4.69, 9.17) is 24.7 Å². The van der Waals surface area contributed by atoms with Crippen LogP contribution in [0.4, 0.5) is 4.39 Å². The number of halogens is 1. The van der Waals surface area contributed by atoms with Gasteiger partial charge in [-0.3, -0.25) is 14.4 Å². The van der Waals surface area contributed by atoms with Crippen LogP contribution in [-0.2, 0) is 38.1 Å². The minimum absolute atomic E-state index is 0.204. The Balaban J connectivity index is 1.68. The van der Waals surface area contributed by atoms with E-state index < -0.39 is 60.8 Å². The van der Waals surface area contributed by atoms with Crippen LogP contribution < -0.4 is 5.73 Å². The molecule has 2 N–H and O–H groups in total. The van der Waals surface area contributed by atoms with Crippen molar-refractivity contribution in [2.45, 2.75) is 51.5 Å². The SMILES string of the molecule is Cc1cc(SC[C@@H]2C[C@H]3[C@H](C(=O)OCOC(=O)C(C)C)[C@H]3[C@]2(N)C(=O)OCOC(=O)C(C)C)ccc1F. The maximum Gasteiger partial charge on any atom is 0.329 e. The predicted octanol–water partition coefficient (Wildman–Crippen LogP) is 3.21. The molecule has 0 radical (unpaired) electrons. The Hall–Kier alpha value is -2.66. The summed E-state index contributed by atoms with van der Waals surface area (Å²) in [6.45, 7) is 7.20. The molecule has 2 aliphatic rings. The third kappa shape index (κ3) is 6.43. The topological polar surface area (TPSA) is 131 Å². The highest BCUT2D eigenvalue weighted by atomic mass is 32.2. The molecule has 9 nitrogen and oxygen atoms in total. The largest absolute Gasteiger partial charge is 0.428 e. The maximum absolute atomic E-state index is 13.6. The number of carbonyl (C=O) groups is 4. The third-order valence-corrected chi connectivity index (χ3v) is 8.05. The lowest BCUT2D eigenvalue weighted by molar-refractivity contribution is -0.174. The molecule has 2 fully saturated rings. The average Bonchev–Trinajstić information content (AvgIpc) is 3.49. The molecular weight excluding hydrogens is 505 g/mol. The van der Waals surface area contributed by atoms with Crippen molar-refractivity contribution in [3.8, 4) is 0 Å². The number of aryl methyl sites for hydroxylation is 1. The second-order valence-electron chi connectivity index (χ2n) is 10.2. The number of carbonyl (C=O) groups excluding carboxylic acids is 4. The lowest BCUT2D eigenvalue weighted by atomic mass is 9.82. The molecule has 5 atom stereocenters. The summed E-state index contributed by atoms with van der Waals surface area (Å²) in [7, 11) is 0. The summed E-state index contributed by atoms with van der Waals surface area (Å²) in [4.78, 5) is 50.0. The van der Waals surface area contributed by atoms with Crippen molar-refractivity contribution in [1.82, 2.24) is 0 Å². The second kappa shape index (κ2) is 11.8. The summed E-state index contributed by atoms with van der Waals surface area (Å²) in [5, 5.41) is 0. The normalized spacial score (nSPS) is 26.0. The Morgan fingerprint density at radius 2 is 1.62 bits per heavy atom. The van der Waals surface area contributed by atoms with E-state index in [1.54, 1.807) is 46.8 Å². The molecule has 37 heavy (non-hydrogen) atoms. The van der Waals surface area contributed by atoms with Crippen molar-refractivity contribution in [2.24, 2.45) is 41.2 Å². The highest BCUT2D eigenvalue weighted by Crippen LogP contribution is 2.64. The molecule has 0 aromatic heterocycles. The van der Waals surface area contributed by atoms with E-state index in [1.807, 2.05) is 0 Å². The van der Waals surface area contributed by atoms with Crippen molar-refractivity contribution in [1.29, 1.82) is 0 Å². The Kier molecular flexibility index (Phi) is 9.22. The van der Waals surface area contributed by atoms with Crippen LogP contribution >= 0.6 is 11.8 Å². The quantitative estimate of drug-likeness (QED) is 0.254. The molecular formula is C26H34FNO8S. The summed E-state index contributed by atoms with van der Waals surface area (Å²) in [6, 6.07) is 4.76. The number of nitrogens with two attached hydrogens (primary N) is 1. The van der Waals surface area contributed by atoms with Crippen LogP contribution in [0.5, 0.6) is 0 Å². The van der Waals surface area contributed by atoms with Gasteiger partial charge in [-0.2, -0.15) is 0 Å². The van der Waals surface area contributed by atoms with Gasteiger partial charge >= 0.3 is 23.9 Å². The van der Waals surface area contributed by atoms with E-state index in [2.05, 4.69) is 0 Å². The molecule has 0 aliphatic heterocycles. The van der Waals surface area contributed by atoms with Gasteiger partial charge in [-0.1, -0.05) is 27.7 Å². The zero-order valence-electron chi connectivity index (χ0n) is 21.7. The van der Waals surface area contributed by atoms with E-state index in [0.29, 0.717) is 17.7 Å². The summed E-state index contributed by atoms with van der Waals surface area (Å²) < 4.78 is 33.9. The van der Waals surface area contributed by atoms with Crippen molar-refractivity contribution in [3.63, 3.8) is 0 Å². The van der Waals surface area contributed by atoms with Gasteiger partial charge in [0.1, 0.15) is 11.4 Å². The molecule has 0 heterocycles. The highest BCUT2D eigenvalue weighted by molar-refractivity contribution is 7.99. The first kappa shape index (κ1) is 28.9. The van der Waals surface area contributed by atoms with Crippen LogP contribution in [0.3, 0.4) is 0 Å². The molecule has 0 unspecified atom stereocenters. The smallest absolute Gasteiger partial charge is 0.329 e. The molecule has 1 aromatic rings. The van der Waals surface area contributed by atoms with Crippen LogP contribution in [0.15, 0.2) is 23.1 Å². The zero-order chi connectivity index (χ0) is 27.5. The minimum atomic E-state index is -1.52. The van der Waals surface area contributed by atoms with Crippen LogP contribution in [0.25, 0.3) is 0 Å². The first-order valence-corrected chi connectivity index (χ1v) is 13.2. The molecule has 204 valence electrons. The maximum atomic E-state index is 13.6. The lowest BCUT2D eigenvalue weighted by Gasteiger charge is -2.32. The fourth-order valence-corrected chi connectivity index (χ4v) is 5.92. The first-order chi connectivity index (χ1) is 17.4. The van der Waals surface area contributed by atoms with Crippen LogP contribution in [-0.4, -0.2) is 48.8 Å². The van der Waals surface area contributed by atoms with E-state index in [0.717, 1.165) is 4.90 Å². The molecule has 0 amide bonds. The van der Waals surface area contributed by atoms with Crippen molar-refractivity contribution in [2.75, 3.05) is 19.3 Å². The average molecular weight is 540 g/mol. The number of fused-ring (bicyclic) bond motifs is 1. The molecule has 0 bridgehead atoms. The number of hydrogen-bond donors (Lipinski definition) is 1. The fraction of sp³-hybridized carbons (Fsp3) is 0.615. The van der Waals surface area contributed by atoms with Gasteiger partial charge in [0, 0.05) is 16.6 Å². The number of benzene rings is 1. The number of ether oxygens (including phenoxy) is 4. The van der Waals surface area contributed by atoms with Crippen molar-refractivity contribution < 1.29 is 42.5 Å². The van der Waals surface area contributed by atoms with E-state index in [-0.39, 0.29) is 23.6 Å². The second-order valence-corrected chi connectivity index (χ2v) is 11.3. The Morgan fingerprint density at radius 3 is 2.19 bits per heavy atom. The van der Waals surface area contributed by atoms with Crippen molar-refractivity contribution in [3.05, 3.63) is 29.6 Å². The van der Waals surface area contributed by atoms with Gasteiger partial charge in [0.25, 0.3) is 0 Å². The Morgan fingerprint density at radius 1 is 1.03 bits per heavy atom. The summed E-state index contributed by atoms with van der Waals surface area (Å²) in [5.74, 6) is -4.73. The van der Waals surface area contributed by atoms with Gasteiger partial charge in [-0.25, -0.2) is 9.18 Å². The van der Waals surface area contributed by atoms with E-state index >= 15 is 0 Å². The summed E-state index contributed by atoms with van der Waals surface area (Å²) >= 11 is 1.43. The molecule has 0 spiro atoms. The zero-order valence-corrected chi connectivity index (χ0v) is 22.5. The molecule has 3 rings (SSSR count). The first-order valence-electron chi connectivity index (χ1n) is 12.2. The van der Waals surface area contributed by atoms with Gasteiger partial charge in [-0.05, 0) is 48.9 Å². The summed E-state index contributed by atoms with van der Waals surface area (Å²) in [5.41, 5.74) is 5.68. The fourth-order valence-electron chi connectivity index (χ4n) is 4.69. The molecule has 2 saturated carbocycles. The Bertz CT molecular complexity index is 1050. The van der Waals surface area contributed by atoms with Gasteiger partial charge in [-0.15, -0.1) is 11.8 Å². The number of hydrogen-bond acceptors (Lipinski definition) is 10. The van der Waals surface area contributed by atoms with Crippen LogP contribution in [0.1, 0.15) is 39.7 Å². The summed E-state index contributed by atoms with van der Waals surface area (Å²) in [6.07, 6.45) is 0.473. The molecule has 11 heteroatoms. The third-order valence-electron chi connectivity index (χ3n) is 6.90. The molecule has 0 saturated heterocycles. The van der Waals surface area contributed by atoms with Crippen molar-refractivity contribution >= 4 is 35.6 Å². The van der Waals surface area contributed by atoms with Crippen LogP contribution in [0, 0.1) is 48.2 Å². The van der Waals surface area contributed by atoms with E-state index in [9.17, 15) is 23.6 Å². The standard InChI is InChI=1S/C26H34FNO8S/c1-13(2)22(29)33-11-35-24(31)20-18-9-16(10-37-17-6-7-19(27)15(5)8-17)26(28,21(18)20)25(32)36-12-34-23(30)14(3)4/h6-8,13-14,16,18,20-21H,9-12,28H2,1-5H3/t16-,18-,20-,21-,26-/m0/s1. The monoisotopic (exact) mass is 539 g/mol. The molecule has 2 aliphatic carbocycles. The highest BCUT2D eigenvalue weighted by Gasteiger charge is 2.74. The van der Waals surface area contributed by atoms with Gasteiger partial charge < -0.3 is 24.7 Å². The minimum Gasteiger partial charge on any atom is -0.428 e. The number of thioether (sulfide) groups is 1. The van der Waals surface area contributed by atoms with Gasteiger partial charge in [0.15, 0.2) is 0 Å².